The average molecular weight is 120 g/mol. The van der Waals surface area contributed by atoms with Gasteiger partial charge in [-0.05, 0) is 19.4 Å². The van der Waals surface area contributed by atoms with Crippen molar-refractivity contribution in [3.05, 3.63) is 0 Å². The summed E-state index contributed by atoms with van der Waals surface area (Å²) < 4.78 is 0. The number of fused-ring (bicyclic) bond motifs is 1. The molecule has 0 aromatic heterocycles. The molecule has 0 bridgehead atoms. The monoisotopic (exact) mass is 119 g/mol. The lowest BCUT2D eigenvalue weighted by atomic mass is 10.3. The Kier molecular flexibility index (Phi) is 1.26. The third-order valence-electron chi connectivity index (χ3n) is 1.81. The second kappa shape index (κ2) is 1.64. The molecule has 42 valence electrons. The Labute approximate surface area is 50.1 Å². The lowest BCUT2D eigenvalue weighted by Crippen LogP contribution is -1.90. The Morgan fingerprint density at radius 3 is 2.43 bits per heavy atom. The first-order chi connectivity index (χ1) is 2.97. The number of halogens is 1. The molecule has 0 spiro atoms. The molecule has 2 heterocycles. The van der Waals surface area contributed by atoms with Crippen LogP contribution in [0.25, 0.3) is 0 Å². The molecule has 2 atom stereocenters. The van der Waals surface area contributed by atoms with Crippen molar-refractivity contribution in [2.75, 3.05) is 13.1 Å². The molecule has 0 amide bonds. The smallest absolute Gasteiger partial charge is 0.0224 e. The second-order valence-electron chi connectivity index (χ2n) is 2.29. The summed E-state index contributed by atoms with van der Waals surface area (Å²) in [6.07, 6.45) is 2.95. The van der Waals surface area contributed by atoms with Crippen molar-refractivity contribution >= 4 is 12.4 Å². The van der Waals surface area contributed by atoms with Crippen LogP contribution in [-0.2, 0) is 0 Å². The van der Waals surface area contributed by atoms with Crippen molar-refractivity contribution in [1.82, 2.24) is 4.90 Å². The third kappa shape index (κ3) is 0.752. The van der Waals surface area contributed by atoms with Crippen molar-refractivity contribution in [1.29, 1.82) is 0 Å². The maximum atomic E-state index is 2.53. The molecule has 2 heteroatoms. The fourth-order valence-corrected chi connectivity index (χ4v) is 1.30. The van der Waals surface area contributed by atoms with E-state index in [9.17, 15) is 0 Å². The zero-order chi connectivity index (χ0) is 3.98. The van der Waals surface area contributed by atoms with Gasteiger partial charge >= 0.3 is 0 Å². The predicted octanol–water partition coefficient (Wildman–Crippen LogP) is 0.886. The highest BCUT2D eigenvalue weighted by atomic mass is 35.5. The van der Waals surface area contributed by atoms with Gasteiger partial charge in [0.25, 0.3) is 0 Å². The van der Waals surface area contributed by atoms with E-state index < -0.39 is 0 Å². The van der Waals surface area contributed by atoms with Crippen LogP contribution in [0.2, 0.25) is 0 Å². The Morgan fingerprint density at radius 2 is 2.29 bits per heavy atom. The van der Waals surface area contributed by atoms with E-state index in [2.05, 4.69) is 4.90 Å². The van der Waals surface area contributed by atoms with E-state index in [-0.39, 0.29) is 12.4 Å². The summed E-state index contributed by atoms with van der Waals surface area (Å²) in [4.78, 5) is 2.53. The van der Waals surface area contributed by atoms with Crippen molar-refractivity contribution in [2.45, 2.75) is 18.9 Å². The SMILES string of the molecule is C1CC2CN2C1.Cl. The highest BCUT2D eigenvalue weighted by Gasteiger charge is 2.37. The van der Waals surface area contributed by atoms with Crippen LogP contribution in [-0.4, -0.2) is 24.0 Å². The summed E-state index contributed by atoms with van der Waals surface area (Å²) in [5.41, 5.74) is 0. The minimum Gasteiger partial charge on any atom is -0.298 e. The molecule has 2 unspecified atom stereocenters. The number of piperidine rings is 1. The largest absolute Gasteiger partial charge is 0.298 e. The van der Waals surface area contributed by atoms with Gasteiger partial charge in [0.2, 0.25) is 0 Å². The highest BCUT2D eigenvalue weighted by Crippen LogP contribution is 2.28. The Morgan fingerprint density at radius 1 is 1.43 bits per heavy atom. The van der Waals surface area contributed by atoms with E-state index in [1.807, 2.05) is 0 Å². The summed E-state index contributed by atoms with van der Waals surface area (Å²) in [5.74, 6) is 0. The standard InChI is InChI=1S/C5H9N.ClH/c1-2-5-4-6(5)3-1;/h5H,1-4H2;1H. The van der Waals surface area contributed by atoms with Crippen molar-refractivity contribution in [3.63, 3.8) is 0 Å². The first-order valence-corrected chi connectivity index (χ1v) is 2.71. The Balaban J connectivity index is 0.000000245. The van der Waals surface area contributed by atoms with Gasteiger partial charge in [-0.15, -0.1) is 12.4 Å². The van der Waals surface area contributed by atoms with Crippen molar-refractivity contribution in [2.24, 2.45) is 0 Å². The topological polar surface area (TPSA) is 3.01 Å². The summed E-state index contributed by atoms with van der Waals surface area (Å²) >= 11 is 0. The van der Waals surface area contributed by atoms with Gasteiger partial charge in [0.1, 0.15) is 0 Å². The third-order valence-corrected chi connectivity index (χ3v) is 1.81. The second-order valence-corrected chi connectivity index (χ2v) is 2.29. The number of hydrogen-bond donors (Lipinski definition) is 0. The number of nitrogens with zero attached hydrogens (tertiary/aromatic N) is 1. The molecular weight excluding hydrogens is 110 g/mol. The molecule has 7 heavy (non-hydrogen) atoms. The van der Waals surface area contributed by atoms with Gasteiger partial charge < -0.3 is 0 Å². The van der Waals surface area contributed by atoms with Crippen LogP contribution in [0.15, 0.2) is 0 Å². The van der Waals surface area contributed by atoms with Gasteiger partial charge in [-0.2, -0.15) is 0 Å². The minimum absolute atomic E-state index is 0. The quantitative estimate of drug-likeness (QED) is 0.428. The summed E-state index contributed by atoms with van der Waals surface area (Å²) in [6.45, 7) is 2.81. The van der Waals surface area contributed by atoms with E-state index >= 15 is 0 Å². The van der Waals surface area contributed by atoms with E-state index in [0.717, 1.165) is 6.04 Å². The van der Waals surface area contributed by atoms with Crippen molar-refractivity contribution < 1.29 is 0 Å². The molecule has 0 aromatic rings. The van der Waals surface area contributed by atoms with E-state index in [1.165, 1.54) is 25.9 Å². The molecule has 2 rings (SSSR count). The average Bonchev–Trinajstić information content (AvgIpc) is 2.17. The van der Waals surface area contributed by atoms with Gasteiger partial charge in [-0.1, -0.05) is 0 Å². The molecular formula is C5H10ClN. The maximum absolute atomic E-state index is 2.53. The predicted molar refractivity (Wildman–Crippen MR) is 31.8 cm³/mol. The Hall–Kier alpha value is 0.250. The van der Waals surface area contributed by atoms with Crippen LogP contribution in [0.5, 0.6) is 0 Å². The maximum Gasteiger partial charge on any atom is 0.0224 e. The molecule has 2 aliphatic rings. The van der Waals surface area contributed by atoms with Gasteiger partial charge in [0.05, 0.1) is 0 Å². The van der Waals surface area contributed by atoms with Crippen molar-refractivity contribution in [3.8, 4) is 0 Å². The minimum atomic E-state index is 0. The molecule has 0 N–H and O–H groups in total. The van der Waals surface area contributed by atoms with Crippen LogP contribution >= 0.6 is 12.4 Å². The molecule has 0 saturated carbocycles. The van der Waals surface area contributed by atoms with Gasteiger partial charge in [0.15, 0.2) is 0 Å². The van der Waals surface area contributed by atoms with Crippen LogP contribution in [0.4, 0.5) is 0 Å². The van der Waals surface area contributed by atoms with Crippen LogP contribution < -0.4 is 0 Å². The first-order valence-electron chi connectivity index (χ1n) is 2.71. The summed E-state index contributed by atoms with van der Waals surface area (Å²) in [5, 5.41) is 0. The lowest BCUT2D eigenvalue weighted by Gasteiger charge is -1.83. The Bertz CT molecular complexity index is 66.5. The number of hydrogen-bond acceptors (Lipinski definition) is 1. The molecule has 0 aliphatic carbocycles. The zero-order valence-corrected chi connectivity index (χ0v) is 5.08. The van der Waals surface area contributed by atoms with Gasteiger partial charge in [-0.3, -0.25) is 4.90 Å². The van der Waals surface area contributed by atoms with Crippen LogP contribution in [0.1, 0.15) is 12.8 Å². The molecule has 0 aromatic carbocycles. The van der Waals surface area contributed by atoms with E-state index in [1.54, 1.807) is 0 Å². The fraction of sp³-hybridized carbons (Fsp3) is 1.00. The summed E-state index contributed by atoms with van der Waals surface area (Å²) in [6, 6.07) is 1.05. The molecule has 2 fully saturated rings. The van der Waals surface area contributed by atoms with Gasteiger partial charge in [-0.25, -0.2) is 0 Å². The lowest BCUT2D eigenvalue weighted by molar-refractivity contribution is 0.593. The van der Waals surface area contributed by atoms with Crippen LogP contribution in [0, 0.1) is 0 Å². The molecule has 2 saturated heterocycles. The molecule has 0 radical (unpaired) electrons. The summed E-state index contributed by atoms with van der Waals surface area (Å²) in [7, 11) is 0. The first kappa shape index (κ1) is 5.39. The zero-order valence-electron chi connectivity index (χ0n) is 4.26. The van der Waals surface area contributed by atoms with Crippen LogP contribution in [0.3, 0.4) is 0 Å². The fourth-order valence-electron chi connectivity index (χ4n) is 1.30. The molecule has 1 nitrogen and oxygen atoms in total. The van der Waals surface area contributed by atoms with E-state index in [0.29, 0.717) is 0 Å². The molecule has 2 aliphatic heterocycles. The van der Waals surface area contributed by atoms with E-state index in [4.69, 9.17) is 0 Å². The number of rotatable bonds is 0. The highest BCUT2D eigenvalue weighted by molar-refractivity contribution is 5.85. The van der Waals surface area contributed by atoms with Gasteiger partial charge in [0, 0.05) is 12.6 Å². The normalized spacial score (nSPS) is 44.6.